The lowest BCUT2D eigenvalue weighted by molar-refractivity contribution is 0.950. The Bertz CT molecular complexity index is 497. The molecule has 0 bridgehead atoms. The van der Waals surface area contributed by atoms with Crippen LogP contribution in [0.4, 0.5) is 5.95 Å². The minimum absolute atomic E-state index is 0.354. The van der Waals surface area contributed by atoms with Crippen LogP contribution in [0.3, 0.4) is 0 Å². The maximum atomic E-state index is 5.49. The van der Waals surface area contributed by atoms with Crippen molar-refractivity contribution in [3.05, 3.63) is 10.5 Å². The summed E-state index contributed by atoms with van der Waals surface area (Å²) in [6, 6.07) is 0. The van der Waals surface area contributed by atoms with Crippen LogP contribution in [-0.4, -0.2) is 19.9 Å². The number of aromatic nitrogens is 4. The Labute approximate surface area is 79.4 Å². The number of rotatable bonds is 1. The van der Waals surface area contributed by atoms with E-state index in [2.05, 4.69) is 19.9 Å². The molecular weight excluding hydrogens is 186 g/mol. The predicted octanol–water partition coefficient (Wildman–Crippen LogP) is 1.16. The van der Waals surface area contributed by atoms with E-state index in [1.165, 1.54) is 0 Å². The molecule has 0 saturated heterocycles. The Balaban J connectivity index is 2.83. The molecule has 4 N–H and O–H groups in total. The summed E-state index contributed by atoms with van der Waals surface area (Å²) in [5, 5.41) is 0. The number of H-pyrrole nitrogens is 2. The van der Waals surface area contributed by atoms with Crippen LogP contribution in [0.1, 0.15) is 12.7 Å². The largest absolute Gasteiger partial charge is 0.369 e. The monoisotopic (exact) mass is 195 g/mol. The molecule has 0 spiro atoms. The minimum atomic E-state index is 0.354. The van der Waals surface area contributed by atoms with Gasteiger partial charge in [-0.3, -0.25) is 0 Å². The zero-order chi connectivity index (χ0) is 9.42. The molecular formula is C7H9N5S. The molecule has 6 heteroatoms. The topological polar surface area (TPSA) is 83.4 Å². The fourth-order valence-corrected chi connectivity index (χ4v) is 1.41. The van der Waals surface area contributed by atoms with Crippen LogP contribution in [0.5, 0.6) is 0 Å². The zero-order valence-electron chi connectivity index (χ0n) is 7.09. The summed E-state index contributed by atoms with van der Waals surface area (Å²) in [6.07, 6.45) is 0.798. The average Bonchev–Trinajstić information content (AvgIpc) is 2.46. The quantitative estimate of drug-likeness (QED) is 0.596. The predicted molar refractivity (Wildman–Crippen MR) is 52.9 cm³/mol. The fraction of sp³-hybridized carbons (Fsp3) is 0.286. The summed E-state index contributed by atoms with van der Waals surface area (Å²) in [4.78, 5) is 14.1. The van der Waals surface area contributed by atoms with E-state index in [4.69, 9.17) is 18.0 Å². The highest BCUT2D eigenvalue weighted by molar-refractivity contribution is 7.71. The summed E-state index contributed by atoms with van der Waals surface area (Å²) in [7, 11) is 0. The lowest BCUT2D eigenvalue weighted by atomic mass is 10.4. The second-order valence-electron chi connectivity index (χ2n) is 2.69. The third-order valence-corrected chi connectivity index (χ3v) is 2.07. The van der Waals surface area contributed by atoms with Crippen molar-refractivity contribution in [1.29, 1.82) is 0 Å². The van der Waals surface area contributed by atoms with Crippen molar-refractivity contribution in [2.75, 3.05) is 5.73 Å². The van der Waals surface area contributed by atoms with Gasteiger partial charge in [0.05, 0.1) is 0 Å². The van der Waals surface area contributed by atoms with E-state index in [1.54, 1.807) is 0 Å². The normalized spacial score (nSPS) is 10.8. The number of hydrogen-bond acceptors (Lipinski definition) is 4. The SMILES string of the molecule is CCc1nc(=S)c2[nH]c(N)nc2[nH]1. The van der Waals surface area contributed by atoms with Crippen molar-refractivity contribution in [2.45, 2.75) is 13.3 Å². The molecule has 0 fully saturated rings. The van der Waals surface area contributed by atoms with Crippen LogP contribution in [-0.2, 0) is 6.42 Å². The number of imidazole rings is 1. The minimum Gasteiger partial charge on any atom is -0.369 e. The molecule has 2 heterocycles. The first-order valence-electron chi connectivity index (χ1n) is 3.95. The molecule has 0 unspecified atom stereocenters. The molecule has 2 aromatic heterocycles. The molecule has 0 atom stereocenters. The van der Waals surface area contributed by atoms with Gasteiger partial charge >= 0.3 is 0 Å². The van der Waals surface area contributed by atoms with Crippen LogP contribution in [0, 0.1) is 4.64 Å². The van der Waals surface area contributed by atoms with Gasteiger partial charge < -0.3 is 15.7 Å². The number of nitrogens with zero attached hydrogens (tertiary/aromatic N) is 2. The van der Waals surface area contributed by atoms with Gasteiger partial charge in [0.15, 0.2) is 16.2 Å². The lowest BCUT2D eigenvalue weighted by Gasteiger charge is -1.95. The smallest absolute Gasteiger partial charge is 0.200 e. The standard InChI is InChI=1S/C7H9N5S/c1-2-3-9-5-4(6(13)10-3)11-7(8)12-5/h2H2,1H3,(H4,8,9,10,11,12,13). The van der Waals surface area contributed by atoms with E-state index >= 15 is 0 Å². The molecule has 0 aromatic carbocycles. The fourth-order valence-electron chi connectivity index (χ4n) is 1.15. The van der Waals surface area contributed by atoms with E-state index in [1.807, 2.05) is 6.92 Å². The second kappa shape index (κ2) is 2.81. The number of aryl methyl sites for hydroxylation is 1. The average molecular weight is 195 g/mol. The van der Waals surface area contributed by atoms with Crippen LogP contribution in [0.2, 0.25) is 0 Å². The first kappa shape index (κ1) is 8.18. The molecule has 68 valence electrons. The maximum Gasteiger partial charge on any atom is 0.200 e. The van der Waals surface area contributed by atoms with Gasteiger partial charge in [-0.05, 0) is 0 Å². The van der Waals surface area contributed by atoms with E-state index < -0.39 is 0 Å². The highest BCUT2D eigenvalue weighted by Gasteiger charge is 2.03. The first-order valence-corrected chi connectivity index (χ1v) is 4.36. The Hall–Kier alpha value is -1.43. The number of hydrogen-bond donors (Lipinski definition) is 3. The zero-order valence-corrected chi connectivity index (χ0v) is 7.90. The number of nitrogen functional groups attached to an aromatic ring is 1. The Morgan fingerprint density at radius 3 is 2.85 bits per heavy atom. The van der Waals surface area contributed by atoms with E-state index in [0.717, 1.165) is 12.2 Å². The Morgan fingerprint density at radius 2 is 2.15 bits per heavy atom. The van der Waals surface area contributed by atoms with Gasteiger partial charge in [0.2, 0.25) is 0 Å². The van der Waals surface area contributed by atoms with Gasteiger partial charge in [0.25, 0.3) is 0 Å². The summed E-state index contributed by atoms with van der Waals surface area (Å²) in [5.74, 6) is 1.18. The van der Waals surface area contributed by atoms with Crippen LogP contribution >= 0.6 is 12.2 Å². The summed E-state index contributed by atoms with van der Waals surface area (Å²) >= 11 is 5.06. The van der Waals surface area contributed by atoms with Crippen molar-refractivity contribution >= 4 is 29.3 Å². The number of nitrogens with one attached hydrogen (secondary N) is 2. The summed E-state index contributed by atoms with van der Waals surface area (Å²) in [5.41, 5.74) is 6.86. The van der Waals surface area contributed by atoms with E-state index in [0.29, 0.717) is 21.8 Å². The van der Waals surface area contributed by atoms with Gasteiger partial charge in [0.1, 0.15) is 11.3 Å². The summed E-state index contributed by atoms with van der Waals surface area (Å²) < 4.78 is 0.509. The highest BCUT2D eigenvalue weighted by Crippen LogP contribution is 2.10. The molecule has 0 saturated carbocycles. The molecule has 2 aromatic rings. The van der Waals surface area contributed by atoms with E-state index in [9.17, 15) is 0 Å². The molecule has 0 aliphatic carbocycles. The third kappa shape index (κ3) is 1.29. The lowest BCUT2D eigenvalue weighted by Crippen LogP contribution is -1.93. The summed E-state index contributed by atoms with van der Waals surface area (Å²) in [6.45, 7) is 2.00. The molecule has 0 aliphatic heterocycles. The molecule has 13 heavy (non-hydrogen) atoms. The molecule has 0 aliphatic rings. The number of fused-ring (bicyclic) bond motifs is 1. The van der Waals surface area contributed by atoms with Gasteiger partial charge in [0, 0.05) is 6.42 Å². The van der Waals surface area contributed by atoms with Crippen molar-refractivity contribution in [3.8, 4) is 0 Å². The van der Waals surface area contributed by atoms with Crippen LogP contribution in [0.25, 0.3) is 11.2 Å². The van der Waals surface area contributed by atoms with E-state index in [-0.39, 0.29) is 0 Å². The van der Waals surface area contributed by atoms with Crippen LogP contribution in [0.15, 0.2) is 0 Å². The highest BCUT2D eigenvalue weighted by atomic mass is 32.1. The molecule has 2 rings (SSSR count). The van der Waals surface area contributed by atoms with Crippen molar-refractivity contribution in [3.63, 3.8) is 0 Å². The molecule has 5 nitrogen and oxygen atoms in total. The molecule has 0 radical (unpaired) electrons. The first-order chi connectivity index (χ1) is 6.20. The molecule has 0 amide bonds. The van der Waals surface area contributed by atoms with Crippen molar-refractivity contribution < 1.29 is 0 Å². The van der Waals surface area contributed by atoms with Crippen LogP contribution < -0.4 is 5.73 Å². The maximum absolute atomic E-state index is 5.49. The van der Waals surface area contributed by atoms with Gasteiger partial charge in [-0.1, -0.05) is 19.1 Å². The Morgan fingerprint density at radius 1 is 1.38 bits per heavy atom. The third-order valence-electron chi connectivity index (χ3n) is 1.77. The number of aromatic amines is 2. The van der Waals surface area contributed by atoms with Gasteiger partial charge in [-0.15, -0.1) is 0 Å². The van der Waals surface area contributed by atoms with Crippen molar-refractivity contribution in [1.82, 2.24) is 19.9 Å². The van der Waals surface area contributed by atoms with Gasteiger partial charge in [-0.2, -0.15) is 4.98 Å². The van der Waals surface area contributed by atoms with Gasteiger partial charge in [-0.25, -0.2) is 4.98 Å². The second-order valence-corrected chi connectivity index (χ2v) is 3.07. The van der Waals surface area contributed by atoms with Crippen molar-refractivity contribution in [2.24, 2.45) is 0 Å². The Kier molecular flexibility index (Phi) is 1.77. The number of anilines is 1. The number of nitrogens with two attached hydrogens (primary N) is 1.